The van der Waals surface area contributed by atoms with Gasteiger partial charge in [-0.3, -0.25) is 20.2 Å². The lowest BCUT2D eigenvalue weighted by Gasteiger charge is -2.15. The lowest BCUT2D eigenvalue weighted by Crippen LogP contribution is -2.06. The molecule has 1 aromatic rings. The molecular formula is C12H14FN2O4. The molecule has 0 aromatic heterocycles. The van der Waals surface area contributed by atoms with Crippen LogP contribution in [0.25, 0.3) is 0 Å². The van der Waals surface area contributed by atoms with E-state index >= 15 is 0 Å². The quantitative estimate of drug-likeness (QED) is 0.599. The summed E-state index contributed by atoms with van der Waals surface area (Å²) >= 11 is 0. The number of nitro benzene ring substituents is 2. The summed E-state index contributed by atoms with van der Waals surface area (Å²) in [4.78, 5) is 20.2. The topological polar surface area (TPSA) is 86.3 Å². The molecular weight excluding hydrogens is 255 g/mol. The molecule has 0 aliphatic rings. The van der Waals surface area contributed by atoms with Crippen LogP contribution < -0.4 is 0 Å². The zero-order valence-electron chi connectivity index (χ0n) is 10.6. The van der Waals surface area contributed by atoms with E-state index in [4.69, 9.17) is 0 Å². The van der Waals surface area contributed by atoms with E-state index in [1.54, 1.807) is 6.92 Å². The number of alkyl halides is 1. The average molecular weight is 269 g/mol. The SMILES string of the molecule is [CH2]C(F)c1c(C(C)CC)cc([N+](=O)[O-])cc1[N+](=O)[O-]. The first-order valence-electron chi connectivity index (χ1n) is 5.73. The summed E-state index contributed by atoms with van der Waals surface area (Å²) in [5.74, 6) is -0.228. The first-order valence-corrected chi connectivity index (χ1v) is 5.73. The van der Waals surface area contributed by atoms with Gasteiger partial charge in [0.25, 0.3) is 11.4 Å². The second kappa shape index (κ2) is 5.73. The Morgan fingerprint density at radius 3 is 2.26 bits per heavy atom. The molecule has 1 aromatic carbocycles. The zero-order valence-corrected chi connectivity index (χ0v) is 10.6. The Morgan fingerprint density at radius 1 is 1.32 bits per heavy atom. The van der Waals surface area contributed by atoms with Crippen LogP contribution in [0.1, 0.15) is 43.5 Å². The van der Waals surface area contributed by atoms with Crippen molar-refractivity contribution in [2.75, 3.05) is 0 Å². The van der Waals surface area contributed by atoms with Gasteiger partial charge in [-0.05, 0) is 24.8 Å². The number of nitro groups is 2. The van der Waals surface area contributed by atoms with Gasteiger partial charge in [0, 0.05) is 6.07 Å². The maximum atomic E-state index is 13.6. The van der Waals surface area contributed by atoms with Crippen molar-refractivity contribution in [3.63, 3.8) is 0 Å². The number of non-ortho nitro benzene ring substituents is 1. The third-order valence-corrected chi connectivity index (χ3v) is 3.04. The van der Waals surface area contributed by atoms with Crippen molar-refractivity contribution in [1.29, 1.82) is 0 Å². The van der Waals surface area contributed by atoms with E-state index in [9.17, 15) is 24.6 Å². The van der Waals surface area contributed by atoms with Gasteiger partial charge in [-0.25, -0.2) is 4.39 Å². The zero-order chi connectivity index (χ0) is 14.7. The highest BCUT2D eigenvalue weighted by Gasteiger charge is 2.29. The van der Waals surface area contributed by atoms with Gasteiger partial charge in [0.05, 0.1) is 21.5 Å². The van der Waals surface area contributed by atoms with Crippen molar-refractivity contribution in [2.24, 2.45) is 0 Å². The molecule has 19 heavy (non-hydrogen) atoms. The van der Waals surface area contributed by atoms with Gasteiger partial charge >= 0.3 is 0 Å². The van der Waals surface area contributed by atoms with Crippen LogP contribution in [0.5, 0.6) is 0 Å². The molecule has 103 valence electrons. The van der Waals surface area contributed by atoms with E-state index in [-0.39, 0.29) is 17.0 Å². The second-order valence-corrected chi connectivity index (χ2v) is 4.26. The lowest BCUT2D eigenvalue weighted by atomic mass is 9.90. The molecule has 0 fully saturated rings. The number of halogens is 1. The van der Waals surface area contributed by atoms with E-state index in [0.29, 0.717) is 6.42 Å². The van der Waals surface area contributed by atoms with Gasteiger partial charge in [-0.15, -0.1) is 0 Å². The van der Waals surface area contributed by atoms with Crippen molar-refractivity contribution in [2.45, 2.75) is 32.4 Å². The predicted molar refractivity (Wildman–Crippen MR) is 67.7 cm³/mol. The lowest BCUT2D eigenvalue weighted by molar-refractivity contribution is -0.394. The van der Waals surface area contributed by atoms with Crippen LogP contribution >= 0.6 is 0 Å². The third kappa shape index (κ3) is 3.04. The van der Waals surface area contributed by atoms with Gasteiger partial charge in [-0.1, -0.05) is 13.8 Å². The van der Waals surface area contributed by atoms with Crippen molar-refractivity contribution < 1.29 is 14.2 Å². The highest BCUT2D eigenvalue weighted by molar-refractivity contribution is 5.56. The van der Waals surface area contributed by atoms with Crippen LogP contribution in [0, 0.1) is 27.2 Å². The Hall–Kier alpha value is -2.05. The van der Waals surface area contributed by atoms with Crippen LogP contribution in [0.3, 0.4) is 0 Å². The summed E-state index contributed by atoms with van der Waals surface area (Å²) in [6.07, 6.45) is -1.22. The average Bonchev–Trinajstić information content (AvgIpc) is 2.35. The predicted octanol–water partition coefficient (Wildman–Crippen LogP) is 3.86. The van der Waals surface area contributed by atoms with E-state index in [1.807, 2.05) is 6.92 Å². The minimum atomic E-state index is -1.80. The van der Waals surface area contributed by atoms with E-state index < -0.39 is 27.4 Å². The van der Waals surface area contributed by atoms with Crippen molar-refractivity contribution in [1.82, 2.24) is 0 Å². The second-order valence-electron chi connectivity index (χ2n) is 4.26. The minimum Gasteiger partial charge on any atom is -0.258 e. The molecule has 0 aliphatic heterocycles. The van der Waals surface area contributed by atoms with Crippen LogP contribution in [-0.4, -0.2) is 9.85 Å². The molecule has 1 radical (unpaired) electrons. The Kier molecular flexibility index (Phi) is 4.52. The Morgan fingerprint density at radius 2 is 1.89 bits per heavy atom. The fraction of sp³-hybridized carbons (Fsp3) is 0.417. The number of benzene rings is 1. The Balaban J connectivity index is 3.65. The van der Waals surface area contributed by atoms with Gasteiger partial charge in [-0.2, -0.15) is 0 Å². The smallest absolute Gasteiger partial charge is 0.258 e. The van der Waals surface area contributed by atoms with Crippen molar-refractivity contribution in [3.8, 4) is 0 Å². The Bertz CT molecular complexity index is 517. The Labute approximate surface area is 109 Å². The summed E-state index contributed by atoms with van der Waals surface area (Å²) in [5, 5.41) is 21.7. The van der Waals surface area contributed by atoms with Gasteiger partial charge in [0.15, 0.2) is 0 Å². The molecule has 7 heteroatoms. The normalized spacial score (nSPS) is 13.9. The van der Waals surface area contributed by atoms with Gasteiger partial charge < -0.3 is 0 Å². The third-order valence-electron chi connectivity index (χ3n) is 3.04. The van der Waals surface area contributed by atoms with Crippen LogP contribution in [0.15, 0.2) is 12.1 Å². The molecule has 2 atom stereocenters. The first kappa shape index (κ1) is 15.0. The number of nitrogens with zero attached hydrogens (tertiary/aromatic N) is 2. The largest absolute Gasteiger partial charge is 0.282 e. The summed E-state index contributed by atoms with van der Waals surface area (Å²) in [7, 11) is 0. The molecule has 6 nitrogen and oxygen atoms in total. The molecule has 0 saturated heterocycles. The van der Waals surface area contributed by atoms with E-state index in [0.717, 1.165) is 6.07 Å². The molecule has 0 amide bonds. The maximum Gasteiger partial charge on any atom is 0.282 e. The van der Waals surface area contributed by atoms with Crippen LogP contribution in [0.2, 0.25) is 0 Å². The molecule has 0 bridgehead atoms. The molecule has 0 spiro atoms. The summed E-state index contributed by atoms with van der Waals surface area (Å²) in [5.41, 5.74) is -0.908. The molecule has 0 aliphatic carbocycles. The first-order chi connectivity index (χ1) is 8.79. The highest BCUT2D eigenvalue weighted by atomic mass is 19.1. The summed E-state index contributed by atoms with van der Waals surface area (Å²) in [6, 6.07) is 1.97. The molecule has 0 saturated carbocycles. The summed E-state index contributed by atoms with van der Waals surface area (Å²) < 4.78 is 13.6. The fourth-order valence-corrected chi connectivity index (χ4v) is 1.87. The maximum absolute atomic E-state index is 13.6. The van der Waals surface area contributed by atoms with Crippen molar-refractivity contribution >= 4 is 11.4 Å². The number of rotatable bonds is 5. The van der Waals surface area contributed by atoms with Crippen molar-refractivity contribution in [3.05, 3.63) is 50.4 Å². The molecule has 0 heterocycles. The molecule has 0 N–H and O–H groups in total. The van der Waals surface area contributed by atoms with Gasteiger partial charge in [0.1, 0.15) is 6.17 Å². The minimum absolute atomic E-state index is 0.176. The highest BCUT2D eigenvalue weighted by Crippen LogP contribution is 2.38. The van der Waals surface area contributed by atoms with Crippen LogP contribution in [-0.2, 0) is 0 Å². The van der Waals surface area contributed by atoms with E-state index in [1.165, 1.54) is 6.07 Å². The molecule has 2 unspecified atom stereocenters. The number of hydrogen-bond acceptors (Lipinski definition) is 4. The summed E-state index contributed by atoms with van der Waals surface area (Å²) in [6.45, 7) is 6.71. The molecule has 1 rings (SSSR count). The van der Waals surface area contributed by atoms with Crippen LogP contribution in [0.4, 0.5) is 15.8 Å². The number of hydrogen-bond donors (Lipinski definition) is 0. The van der Waals surface area contributed by atoms with Gasteiger partial charge in [0.2, 0.25) is 0 Å². The fourth-order valence-electron chi connectivity index (χ4n) is 1.87. The standard InChI is InChI=1S/C12H14FN2O4/c1-4-7(2)10-5-9(14(16)17)6-11(15(18)19)12(10)8(3)13/h5-8H,3-4H2,1-2H3. The monoisotopic (exact) mass is 269 g/mol. The van der Waals surface area contributed by atoms with E-state index in [2.05, 4.69) is 6.92 Å².